The van der Waals surface area contributed by atoms with Crippen LogP contribution in [-0.2, 0) is 9.59 Å². The average Bonchev–Trinajstić information content (AvgIpc) is 2.19. The van der Waals surface area contributed by atoms with E-state index in [9.17, 15) is 9.59 Å². The summed E-state index contributed by atoms with van der Waals surface area (Å²) in [6.07, 6.45) is 0.509. The zero-order chi connectivity index (χ0) is 12.1. The van der Waals surface area contributed by atoms with E-state index in [0.717, 1.165) is 5.56 Å². The van der Waals surface area contributed by atoms with Crippen LogP contribution in [0.15, 0.2) is 36.1 Å². The van der Waals surface area contributed by atoms with E-state index in [0.29, 0.717) is 11.8 Å². The molecule has 0 unspecified atom stereocenters. The number of hydrogen-bond acceptors (Lipinski definition) is 3. The Balaban J connectivity index is 2.98. The Morgan fingerprint density at radius 1 is 1.25 bits per heavy atom. The predicted molar refractivity (Wildman–Crippen MR) is 55.2 cm³/mol. The SMILES string of the molecule is Cc1ccccc1OC(=CC(=O)O)C(=O)O. The highest BCUT2D eigenvalue weighted by molar-refractivity contribution is 5.93. The van der Waals surface area contributed by atoms with E-state index in [2.05, 4.69) is 0 Å². The molecule has 0 aromatic heterocycles. The van der Waals surface area contributed by atoms with Gasteiger partial charge in [-0.15, -0.1) is 0 Å². The number of benzene rings is 1. The van der Waals surface area contributed by atoms with Crippen molar-refractivity contribution in [2.75, 3.05) is 0 Å². The van der Waals surface area contributed by atoms with Gasteiger partial charge >= 0.3 is 11.9 Å². The maximum absolute atomic E-state index is 10.7. The van der Waals surface area contributed by atoms with Gasteiger partial charge in [-0.05, 0) is 18.6 Å². The molecule has 1 rings (SSSR count). The maximum Gasteiger partial charge on any atom is 0.372 e. The minimum atomic E-state index is -1.43. The van der Waals surface area contributed by atoms with Crippen LogP contribution in [0.4, 0.5) is 0 Å². The zero-order valence-electron chi connectivity index (χ0n) is 8.51. The summed E-state index contributed by atoms with van der Waals surface area (Å²) in [7, 11) is 0. The molecule has 84 valence electrons. The van der Waals surface area contributed by atoms with E-state index in [1.807, 2.05) is 0 Å². The number of ether oxygens (including phenoxy) is 1. The van der Waals surface area contributed by atoms with Crippen LogP contribution in [0.3, 0.4) is 0 Å². The fourth-order valence-electron chi connectivity index (χ4n) is 1.04. The minimum absolute atomic E-state index is 0.317. The van der Waals surface area contributed by atoms with E-state index in [1.54, 1.807) is 31.2 Å². The van der Waals surface area contributed by atoms with Crippen LogP contribution in [0.2, 0.25) is 0 Å². The van der Waals surface area contributed by atoms with Crippen molar-refractivity contribution < 1.29 is 24.5 Å². The van der Waals surface area contributed by atoms with Crippen molar-refractivity contribution in [3.8, 4) is 5.75 Å². The molecule has 1 aromatic rings. The molecule has 0 radical (unpaired) electrons. The lowest BCUT2D eigenvalue weighted by Gasteiger charge is -2.07. The largest absolute Gasteiger partial charge is 0.478 e. The van der Waals surface area contributed by atoms with Gasteiger partial charge in [0, 0.05) is 0 Å². The molecule has 0 aliphatic rings. The van der Waals surface area contributed by atoms with Crippen molar-refractivity contribution in [3.05, 3.63) is 41.7 Å². The second-order valence-corrected chi connectivity index (χ2v) is 3.02. The van der Waals surface area contributed by atoms with Crippen LogP contribution in [0, 0.1) is 6.92 Å². The lowest BCUT2D eigenvalue weighted by molar-refractivity contribution is -0.137. The molecule has 0 saturated carbocycles. The summed E-state index contributed by atoms with van der Waals surface area (Å²) in [5, 5.41) is 17.2. The predicted octanol–water partition coefficient (Wildman–Crippen LogP) is 1.43. The van der Waals surface area contributed by atoms with Gasteiger partial charge in [0.1, 0.15) is 5.75 Å². The number of para-hydroxylation sites is 1. The summed E-state index contributed by atoms with van der Waals surface area (Å²) in [6.45, 7) is 1.73. The summed E-state index contributed by atoms with van der Waals surface area (Å²) < 4.78 is 5.00. The van der Waals surface area contributed by atoms with Gasteiger partial charge in [-0.2, -0.15) is 0 Å². The first-order valence-corrected chi connectivity index (χ1v) is 4.42. The van der Waals surface area contributed by atoms with Gasteiger partial charge in [0.15, 0.2) is 0 Å². The molecule has 0 fully saturated rings. The topological polar surface area (TPSA) is 83.8 Å². The van der Waals surface area contributed by atoms with Crippen molar-refractivity contribution in [2.45, 2.75) is 6.92 Å². The third kappa shape index (κ3) is 3.13. The number of carboxylic acids is 2. The molecule has 0 heterocycles. The van der Waals surface area contributed by atoms with Crippen LogP contribution in [0.5, 0.6) is 5.75 Å². The summed E-state index contributed by atoms with van der Waals surface area (Å²) in [5.41, 5.74) is 0.722. The van der Waals surface area contributed by atoms with Gasteiger partial charge in [-0.3, -0.25) is 0 Å². The normalized spacial score (nSPS) is 10.9. The third-order valence-electron chi connectivity index (χ3n) is 1.78. The van der Waals surface area contributed by atoms with Gasteiger partial charge in [0.05, 0.1) is 6.08 Å². The quantitative estimate of drug-likeness (QED) is 0.594. The van der Waals surface area contributed by atoms with Crippen LogP contribution in [0.1, 0.15) is 5.56 Å². The Morgan fingerprint density at radius 3 is 2.38 bits per heavy atom. The fraction of sp³-hybridized carbons (Fsp3) is 0.0909. The molecule has 0 atom stereocenters. The number of hydrogen-bond donors (Lipinski definition) is 2. The molecule has 1 aromatic carbocycles. The lowest BCUT2D eigenvalue weighted by atomic mass is 10.2. The summed E-state index contributed by atoms with van der Waals surface area (Å²) in [6, 6.07) is 6.73. The standard InChI is InChI=1S/C11H10O5/c1-7-4-2-3-5-8(7)16-9(11(14)15)6-10(12)13/h2-6H,1H3,(H,12,13)(H,14,15). The van der Waals surface area contributed by atoms with Gasteiger partial charge in [0.2, 0.25) is 5.76 Å². The molecular weight excluding hydrogens is 212 g/mol. The Morgan fingerprint density at radius 2 is 1.88 bits per heavy atom. The fourth-order valence-corrected chi connectivity index (χ4v) is 1.04. The van der Waals surface area contributed by atoms with Crippen LogP contribution in [0.25, 0.3) is 0 Å². The highest BCUT2D eigenvalue weighted by Gasteiger charge is 2.13. The molecule has 0 bridgehead atoms. The van der Waals surface area contributed by atoms with Crippen molar-refractivity contribution >= 4 is 11.9 Å². The molecule has 2 N–H and O–H groups in total. The Kier molecular flexibility index (Phi) is 3.66. The smallest absolute Gasteiger partial charge is 0.372 e. The van der Waals surface area contributed by atoms with E-state index in [-0.39, 0.29) is 0 Å². The summed E-state index contributed by atoms with van der Waals surface area (Å²) in [5.74, 6) is -3.10. The molecule has 0 spiro atoms. The molecule has 5 heteroatoms. The Hall–Kier alpha value is -2.30. The average molecular weight is 222 g/mol. The van der Waals surface area contributed by atoms with E-state index in [4.69, 9.17) is 14.9 Å². The zero-order valence-corrected chi connectivity index (χ0v) is 8.51. The molecule has 0 aliphatic carbocycles. The van der Waals surface area contributed by atoms with Gasteiger partial charge < -0.3 is 14.9 Å². The Labute approximate surface area is 91.6 Å². The number of rotatable bonds is 4. The molecule has 0 amide bonds. The summed E-state index contributed by atoms with van der Waals surface area (Å²) in [4.78, 5) is 21.1. The first kappa shape index (κ1) is 11.8. The second-order valence-electron chi connectivity index (χ2n) is 3.02. The van der Waals surface area contributed by atoms with E-state index in [1.165, 1.54) is 0 Å². The first-order valence-electron chi connectivity index (χ1n) is 4.42. The van der Waals surface area contributed by atoms with Gasteiger partial charge in [-0.25, -0.2) is 9.59 Å². The number of aryl methyl sites for hydroxylation is 1. The van der Waals surface area contributed by atoms with Crippen LogP contribution < -0.4 is 4.74 Å². The first-order chi connectivity index (χ1) is 7.50. The van der Waals surface area contributed by atoms with E-state index < -0.39 is 17.7 Å². The third-order valence-corrected chi connectivity index (χ3v) is 1.78. The highest BCUT2D eigenvalue weighted by atomic mass is 16.5. The van der Waals surface area contributed by atoms with Crippen molar-refractivity contribution in [2.24, 2.45) is 0 Å². The maximum atomic E-state index is 10.7. The molecule has 5 nitrogen and oxygen atoms in total. The van der Waals surface area contributed by atoms with Crippen molar-refractivity contribution in [3.63, 3.8) is 0 Å². The van der Waals surface area contributed by atoms with Crippen LogP contribution >= 0.6 is 0 Å². The number of carbonyl (C=O) groups is 2. The van der Waals surface area contributed by atoms with Crippen molar-refractivity contribution in [1.82, 2.24) is 0 Å². The summed E-state index contributed by atoms with van der Waals surface area (Å²) >= 11 is 0. The van der Waals surface area contributed by atoms with Crippen LogP contribution in [-0.4, -0.2) is 22.2 Å². The minimum Gasteiger partial charge on any atom is -0.478 e. The Bertz CT molecular complexity index is 447. The lowest BCUT2D eigenvalue weighted by Crippen LogP contribution is -2.10. The number of aliphatic carboxylic acids is 2. The van der Waals surface area contributed by atoms with Crippen molar-refractivity contribution in [1.29, 1.82) is 0 Å². The molecular formula is C11H10O5. The molecule has 16 heavy (non-hydrogen) atoms. The van der Waals surface area contributed by atoms with Gasteiger partial charge in [-0.1, -0.05) is 18.2 Å². The van der Waals surface area contributed by atoms with E-state index >= 15 is 0 Å². The number of carboxylic acid groups (broad SMARTS) is 2. The molecule has 0 saturated heterocycles. The second kappa shape index (κ2) is 4.97. The van der Waals surface area contributed by atoms with Gasteiger partial charge in [0.25, 0.3) is 0 Å². The molecule has 0 aliphatic heterocycles. The highest BCUT2D eigenvalue weighted by Crippen LogP contribution is 2.19. The monoisotopic (exact) mass is 222 g/mol.